The number of phosphoric ester groups is 2. The molecule has 0 fully saturated rings. The molecule has 0 bridgehead atoms. The number of aliphatic hydroxyl groups is 1. The van der Waals surface area contributed by atoms with Crippen LogP contribution in [-0.2, 0) is 65.4 Å². The Morgan fingerprint density at radius 2 is 0.495 bits per heavy atom. The van der Waals surface area contributed by atoms with Crippen LogP contribution in [0.25, 0.3) is 0 Å². The first-order valence-electron chi connectivity index (χ1n) is 40.7. The van der Waals surface area contributed by atoms with Crippen molar-refractivity contribution in [2.24, 2.45) is 5.92 Å². The number of hydrogen-bond acceptors (Lipinski definition) is 15. The first-order chi connectivity index (χ1) is 47.1. The smallest absolute Gasteiger partial charge is 0.462 e. The summed E-state index contributed by atoms with van der Waals surface area (Å²) in [5, 5.41) is 10.6. The van der Waals surface area contributed by atoms with Gasteiger partial charge in [-0.05, 0) is 31.6 Å². The van der Waals surface area contributed by atoms with E-state index < -0.39 is 97.5 Å². The lowest BCUT2D eigenvalue weighted by molar-refractivity contribution is -0.161. The molecule has 0 aliphatic rings. The zero-order valence-corrected chi connectivity index (χ0v) is 65.0. The molecule has 0 rings (SSSR count). The highest BCUT2D eigenvalue weighted by molar-refractivity contribution is 7.47. The zero-order valence-electron chi connectivity index (χ0n) is 63.2. The van der Waals surface area contributed by atoms with Gasteiger partial charge < -0.3 is 33.8 Å². The van der Waals surface area contributed by atoms with Crippen LogP contribution in [0.3, 0.4) is 0 Å². The third kappa shape index (κ3) is 70.9. The maximum Gasteiger partial charge on any atom is 0.472 e. The Morgan fingerprint density at radius 3 is 0.732 bits per heavy atom. The molecule has 0 radical (unpaired) electrons. The van der Waals surface area contributed by atoms with Crippen LogP contribution in [0, 0.1) is 5.92 Å². The molecule has 0 amide bonds. The largest absolute Gasteiger partial charge is 0.472 e. The molecule has 0 aromatic carbocycles. The predicted octanol–water partition coefficient (Wildman–Crippen LogP) is 23.3. The van der Waals surface area contributed by atoms with Crippen molar-refractivity contribution < 1.29 is 80.2 Å². The van der Waals surface area contributed by atoms with Crippen molar-refractivity contribution in [3.63, 3.8) is 0 Å². The number of phosphoric acid groups is 2. The minimum absolute atomic E-state index is 0.104. The van der Waals surface area contributed by atoms with Gasteiger partial charge in [-0.3, -0.25) is 37.3 Å². The molecule has 0 aliphatic heterocycles. The molecule has 0 saturated heterocycles. The molecule has 97 heavy (non-hydrogen) atoms. The van der Waals surface area contributed by atoms with Crippen LogP contribution in [0.4, 0.5) is 0 Å². The number of hydrogen-bond donors (Lipinski definition) is 3. The van der Waals surface area contributed by atoms with Crippen molar-refractivity contribution >= 4 is 39.5 Å². The Kier molecular flexibility index (Phi) is 69.6. The number of ether oxygens (including phenoxy) is 4. The Bertz CT molecular complexity index is 1860. The lowest BCUT2D eigenvalue weighted by atomic mass is 9.99. The van der Waals surface area contributed by atoms with Crippen molar-refractivity contribution in [1.82, 2.24) is 0 Å². The number of carbonyl (C=O) groups is 4. The van der Waals surface area contributed by atoms with E-state index in [4.69, 9.17) is 37.0 Å². The molecule has 0 aromatic rings. The molecular weight excluding hydrogens is 1270 g/mol. The highest BCUT2D eigenvalue weighted by atomic mass is 31.2. The third-order valence-electron chi connectivity index (χ3n) is 18.6. The standard InChI is InChI=1S/C78H152O17P2/c1-6-10-13-16-18-20-22-24-26-28-30-31-33-35-37-39-41-43-48-53-58-63-77(82)95-74(68-89-76(81)62-57-52-47-42-40-38-36-34-32-29-27-25-23-21-19-17-14-11-7-2)70-93-97(86,87)91-66-72(79)65-90-96(84,85)92-69-73(67-88-75(80)61-56-50-15-12-8-3)94-78(83)64-59-54-49-45-44-46-51-55-60-71(5)9-4/h71-74,79H,6-70H2,1-5H3,(H,84,85)(H,86,87)/t71?,72-,73+,74+/m0/s1. The van der Waals surface area contributed by atoms with Gasteiger partial charge in [-0.1, -0.05) is 362 Å². The molecule has 0 aromatic heterocycles. The topological polar surface area (TPSA) is 237 Å². The zero-order chi connectivity index (χ0) is 71.2. The Balaban J connectivity index is 5.12. The van der Waals surface area contributed by atoms with Crippen molar-refractivity contribution in [2.75, 3.05) is 39.6 Å². The number of unbranched alkanes of at least 4 members (excludes halogenated alkanes) is 49. The molecule has 0 aliphatic carbocycles. The maximum atomic E-state index is 13.1. The van der Waals surface area contributed by atoms with E-state index in [1.807, 2.05) is 0 Å². The molecule has 3 unspecified atom stereocenters. The van der Waals surface area contributed by atoms with Gasteiger partial charge >= 0.3 is 39.5 Å². The van der Waals surface area contributed by atoms with Crippen molar-refractivity contribution in [3.8, 4) is 0 Å². The average Bonchev–Trinajstić information content (AvgIpc) is 1.52. The monoisotopic (exact) mass is 1420 g/mol. The van der Waals surface area contributed by atoms with E-state index in [2.05, 4.69) is 34.6 Å². The van der Waals surface area contributed by atoms with E-state index in [-0.39, 0.29) is 25.7 Å². The Labute approximate surface area is 594 Å². The highest BCUT2D eigenvalue weighted by Gasteiger charge is 2.30. The summed E-state index contributed by atoms with van der Waals surface area (Å²) in [4.78, 5) is 72.6. The highest BCUT2D eigenvalue weighted by Crippen LogP contribution is 2.45. The van der Waals surface area contributed by atoms with E-state index in [1.54, 1.807) is 0 Å². The Morgan fingerprint density at radius 1 is 0.289 bits per heavy atom. The van der Waals surface area contributed by atoms with Gasteiger partial charge in [0, 0.05) is 25.7 Å². The first-order valence-corrected chi connectivity index (χ1v) is 43.7. The van der Waals surface area contributed by atoms with Gasteiger partial charge in [-0.25, -0.2) is 9.13 Å². The Hall–Kier alpha value is -1.94. The van der Waals surface area contributed by atoms with Crippen molar-refractivity contribution in [2.45, 2.75) is 432 Å². The third-order valence-corrected chi connectivity index (χ3v) is 20.5. The van der Waals surface area contributed by atoms with Gasteiger partial charge in [-0.2, -0.15) is 0 Å². The van der Waals surface area contributed by atoms with Gasteiger partial charge in [0.15, 0.2) is 12.2 Å². The number of esters is 4. The summed E-state index contributed by atoms with van der Waals surface area (Å²) in [6.45, 7) is 7.20. The molecule has 576 valence electrons. The second kappa shape index (κ2) is 71.1. The quantitative estimate of drug-likeness (QED) is 0.0222. The molecule has 17 nitrogen and oxygen atoms in total. The molecule has 0 spiro atoms. The van der Waals surface area contributed by atoms with Crippen molar-refractivity contribution in [3.05, 3.63) is 0 Å². The van der Waals surface area contributed by atoms with Crippen LogP contribution in [-0.4, -0.2) is 96.7 Å². The maximum absolute atomic E-state index is 13.1. The summed E-state index contributed by atoms with van der Waals surface area (Å²) in [6, 6.07) is 0. The molecule has 6 atom stereocenters. The summed E-state index contributed by atoms with van der Waals surface area (Å²) in [6.07, 6.45) is 61.7. The summed E-state index contributed by atoms with van der Waals surface area (Å²) in [5.41, 5.74) is 0. The summed E-state index contributed by atoms with van der Waals surface area (Å²) >= 11 is 0. The minimum Gasteiger partial charge on any atom is -0.462 e. The van der Waals surface area contributed by atoms with Gasteiger partial charge in [0.05, 0.1) is 26.4 Å². The van der Waals surface area contributed by atoms with E-state index in [0.717, 1.165) is 102 Å². The van der Waals surface area contributed by atoms with E-state index >= 15 is 0 Å². The summed E-state index contributed by atoms with van der Waals surface area (Å²) in [7, 11) is -9.90. The average molecular weight is 1420 g/mol. The van der Waals surface area contributed by atoms with Crippen LogP contribution < -0.4 is 0 Å². The lowest BCUT2D eigenvalue weighted by Gasteiger charge is -2.21. The summed E-state index contributed by atoms with van der Waals surface area (Å²) in [5.74, 6) is -1.36. The van der Waals surface area contributed by atoms with Crippen molar-refractivity contribution in [1.29, 1.82) is 0 Å². The second-order valence-corrected chi connectivity index (χ2v) is 31.3. The van der Waals surface area contributed by atoms with E-state index in [9.17, 15) is 43.2 Å². The second-order valence-electron chi connectivity index (χ2n) is 28.3. The minimum atomic E-state index is -4.96. The van der Waals surface area contributed by atoms with Crippen LogP contribution in [0.1, 0.15) is 413 Å². The fraction of sp³-hybridized carbons (Fsp3) is 0.949. The number of carbonyl (C=O) groups excluding carboxylic acids is 4. The predicted molar refractivity (Wildman–Crippen MR) is 395 cm³/mol. The molecular formula is C78H152O17P2. The first kappa shape index (κ1) is 95.1. The van der Waals surface area contributed by atoms with Gasteiger partial charge in [-0.15, -0.1) is 0 Å². The number of aliphatic hydroxyl groups excluding tert-OH is 1. The molecule has 3 N–H and O–H groups in total. The van der Waals surface area contributed by atoms with Crippen LogP contribution in [0.2, 0.25) is 0 Å². The SMILES string of the molecule is CCCCCCCCCCCCCCCCCCCCCCCC(=O)O[C@H](COC(=O)CCCCCCCCCCCCCCCCCCCCC)COP(=O)(O)OC[C@@H](O)COP(=O)(O)OC[C@@H](COC(=O)CCCCCCC)OC(=O)CCCCCCCCCCC(C)CC. The number of rotatable bonds is 78. The van der Waals surface area contributed by atoms with Gasteiger partial charge in [0.25, 0.3) is 0 Å². The fourth-order valence-corrected chi connectivity index (χ4v) is 13.6. The van der Waals surface area contributed by atoms with E-state index in [0.29, 0.717) is 25.7 Å². The summed E-state index contributed by atoms with van der Waals surface area (Å²) < 4.78 is 68.3. The molecule has 0 saturated carbocycles. The fourth-order valence-electron chi connectivity index (χ4n) is 12.0. The normalized spacial score (nSPS) is 14.2. The van der Waals surface area contributed by atoms with Crippen LogP contribution in [0.5, 0.6) is 0 Å². The van der Waals surface area contributed by atoms with Gasteiger partial charge in [0.2, 0.25) is 0 Å². The van der Waals surface area contributed by atoms with E-state index in [1.165, 1.54) is 231 Å². The van der Waals surface area contributed by atoms with Gasteiger partial charge in [0.1, 0.15) is 19.3 Å². The molecule has 0 heterocycles. The van der Waals surface area contributed by atoms with Crippen LogP contribution in [0.15, 0.2) is 0 Å². The molecule has 19 heteroatoms. The van der Waals surface area contributed by atoms with Crippen LogP contribution >= 0.6 is 15.6 Å². The lowest BCUT2D eigenvalue weighted by Crippen LogP contribution is -2.30.